The fraction of sp³-hybridized carbons (Fsp3) is 0.714. The summed E-state index contributed by atoms with van der Waals surface area (Å²) in [6.07, 6.45) is 10.8. The highest BCUT2D eigenvalue weighted by atomic mass is 16.3. The van der Waals surface area contributed by atoms with E-state index in [0.717, 1.165) is 31.1 Å². The lowest BCUT2D eigenvalue weighted by atomic mass is 9.68. The molecule has 2 saturated carbocycles. The number of aromatic hydroxyl groups is 1. The second-order valence-corrected chi connectivity index (χ2v) is 8.55. The molecule has 0 radical (unpaired) electrons. The topological polar surface area (TPSA) is 40.5 Å². The Hall–Kier alpha value is -1.02. The standard InChI is InChI=1S/C21H30O2/c1-21-12-11-19-14(3-2-4-16(21)7-10-20(21)23)5-6-15-13-17(22)8-9-18(15)19/h8-9,13-14,16,19-20,22-23H,2-7,10-12H2,1H3/t14-,16+,19-,20-,21-/m0/s1. The van der Waals surface area contributed by atoms with Gasteiger partial charge in [0.05, 0.1) is 6.10 Å². The molecule has 4 rings (SSSR count). The van der Waals surface area contributed by atoms with Crippen LogP contribution in [0, 0.1) is 17.3 Å². The molecule has 0 aromatic heterocycles. The highest BCUT2D eigenvalue weighted by molar-refractivity contribution is 5.39. The van der Waals surface area contributed by atoms with Crippen LogP contribution in [0.15, 0.2) is 18.2 Å². The maximum absolute atomic E-state index is 10.6. The summed E-state index contributed by atoms with van der Waals surface area (Å²) in [5.74, 6) is 2.55. The molecule has 0 bridgehead atoms. The summed E-state index contributed by atoms with van der Waals surface area (Å²) < 4.78 is 0. The summed E-state index contributed by atoms with van der Waals surface area (Å²) in [6, 6.07) is 6.01. The zero-order chi connectivity index (χ0) is 16.0. The molecule has 0 aliphatic heterocycles. The van der Waals surface area contributed by atoms with Crippen molar-refractivity contribution in [3.63, 3.8) is 0 Å². The van der Waals surface area contributed by atoms with Crippen LogP contribution >= 0.6 is 0 Å². The summed E-state index contributed by atoms with van der Waals surface area (Å²) in [5.41, 5.74) is 2.97. The maximum atomic E-state index is 10.6. The minimum absolute atomic E-state index is 0.105. The number of aliphatic hydroxyl groups excluding tert-OH is 1. The average Bonchev–Trinajstić information content (AvgIpc) is 2.84. The fourth-order valence-electron chi connectivity index (χ4n) is 5.93. The molecule has 2 nitrogen and oxygen atoms in total. The molecule has 23 heavy (non-hydrogen) atoms. The van der Waals surface area contributed by atoms with E-state index in [4.69, 9.17) is 0 Å². The van der Waals surface area contributed by atoms with E-state index < -0.39 is 0 Å². The van der Waals surface area contributed by atoms with Gasteiger partial charge in [0.2, 0.25) is 0 Å². The maximum Gasteiger partial charge on any atom is 0.115 e. The van der Waals surface area contributed by atoms with Gasteiger partial charge in [-0.2, -0.15) is 0 Å². The number of fused-ring (bicyclic) bond motifs is 4. The number of benzene rings is 1. The molecule has 1 aromatic rings. The minimum Gasteiger partial charge on any atom is -0.508 e. The molecular weight excluding hydrogens is 284 g/mol. The molecule has 0 amide bonds. The van der Waals surface area contributed by atoms with Gasteiger partial charge in [-0.3, -0.25) is 0 Å². The van der Waals surface area contributed by atoms with Crippen LogP contribution in [0.25, 0.3) is 0 Å². The second kappa shape index (κ2) is 5.81. The Kier molecular flexibility index (Phi) is 3.91. The summed E-state index contributed by atoms with van der Waals surface area (Å²) in [7, 11) is 0. The molecule has 1 aromatic carbocycles. The molecule has 3 aliphatic carbocycles. The monoisotopic (exact) mass is 314 g/mol. The van der Waals surface area contributed by atoms with Gasteiger partial charge in [0.1, 0.15) is 5.75 Å². The van der Waals surface area contributed by atoms with E-state index in [-0.39, 0.29) is 11.5 Å². The van der Waals surface area contributed by atoms with Crippen LogP contribution in [0.3, 0.4) is 0 Å². The summed E-state index contributed by atoms with van der Waals surface area (Å²) in [5, 5.41) is 20.4. The number of aryl methyl sites for hydroxylation is 1. The Morgan fingerprint density at radius 2 is 1.91 bits per heavy atom. The molecule has 5 atom stereocenters. The first-order valence-corrected chi connectivity index (χ1v) is 9.58. The Morgan fingerprint density at radius 1 is 1.04 bits per heavy atom. The lowest BCUT2D eigenvalue weighted by Gasteiger charge is -2.37. The lowest BCUT2D eigenvalue weighted by Crippen LogP contribution is -2.33. The third kappa shape index (κ3) is 2.59. The highest BCUT2D eigenvalue weighted by Crippen LogP contribution is 2.53. The van der Waals surface area contributed by atoms with Crippen LogP contribution < -0.4 is 0 Å². The van der Waals surface area contributed by atoms with Crippen LogP contribution in [-0.2, 0) is 6.42 Å². The van der Waals surface area contributed by atoms with Crippen molar-refractivity contribution in [3.05, 3.63) is 29.3 Å². The van der Waals surface area contributed by atoms with Crippen molar-refractivity contribution in [2.24, 2.45) is 17.3 Å². The number of phenolic OH excluding ortho intramolecular Hbond substituents is 1. The van der Waals surface area contributed by atoms with Gasteiger partial charge in [-0.15, -0.1) is 0 Å². The van der Waals surface area contributed by atoms with Crippen molar-refractivity contribution in [2.75, 3.05) is 0 Å². The molecule has 126 valence electrons. The molecule has 2 N–H and O–H groups in total. The fourth-order valence-corrected chi connectivity index (χ4v) is 5.93. The van der Waals surface area contributed by atoms with Crippen molar-refractivity contribution in [1.82, 2.24) is 0 Å². The van der Waals surface area contributed by atoms with Crippen molar-refractivity contribution in [1.29, 1.82) is 0 Å². The first-order chi connectivity index (χ1) is 11.1. The molecule has 0 heterocycles. The molecular formula is C21H30O2. The molecule has 3 aliphatic rings. The van der Waals surface area contributed by atoms with Crippen molar-refractivity contribution < 1.29 is 10.2 Å². The van der Waals surface area contributed by atoms with Crippen LogP contribution in [-0.4, -0.2) is 16.3 Å². The predicted octanol–water partition coefficient (Wildman–Crippen LogP) is 4.78. The third-order valence-electron chi connectivity index (χ3n) is 7.48. The van der Waals surface area contributed by atoms with E-state index in [1.54, 1.807) is 0 Å². The Bertz CT molecular complexity index is 581. The average molecular weight is 314 g/mol. The van der Waals surface area contributed by atoms with Gasteiger partial charge in [0.25, 0.3) is 0 Å². The number of aliphatic hydroxyl groups is 1. The summed E-state index contributed by atoms with van der Waals surface area (Å²) >= 11 is 0. The van der Waals surface area contributed by atoms with Gasteiger partial charge in [0, 0.05) is 0 Å². The van der Waals surface area contributed by atoms with Crippen molar-refractivity contribution in [2.45, 2.75) is 76.7 Å². The number of phenols is 1. The van der Waals surface area contributed by atoms with Crippen molar-refractivity contribution in [3.8, 4) is 5.75 Å². The smallest absolute Gasteiger partial charge is 0.115 e. The second-order valence-electron chi connectivity index (χ2n) is 8.55. The van der Waals surface area contributed by atoms with E-state index in [0.29, 0.717) is 11.7 Å². The van der Waals surface area contributed by atoms with Gasteiger partial charge in [-0.25, -0.2) is 0 Å². The largest absolute Gasteiger partial charge is 0.508 e. The normalized spacial score (nSPS) is 40.3. The first kappa shape index (κ1) is 15.5. The molecule has 2 heteroatoms. The van der Waals surface area contributed by atoms with Gasteiger partial charge >= 0.3 is 0 Å². The number of rotatable bonds is 0. The van der Waals surface area contributed by atoms with E-state index in [1.165, 1.54) is 49.7 Å². The number of hydrogen-bond acceptors (Lipinski definition) is 2. The van der Waals surface area contributed by atoms with Crippen LogP contribution in [0.5, 0.6) is 5.75 Å². The van der Waals surface area contributed by atoms with Crippen LogP contribution in [0.4, 0.5) is 0 Å². The van der Waals surface area contributed by atoms with E-state index in [9.17, 15) is 10.2 Å². The zero-order valence-electron chi connectivity index (χ0n) is 14.3. The quantitative estimate of drug-likeness (QED) is 0.723. The lowest BCUT2D eigenvalue weighted by molar-refractivity contribution is 0.0275. The van der Waals surface area contributed by atoms with E-state index in [1.807, 2.05) is 12.1 Å². The Balaban J connectivity index is 1.64. The SMILES string of the molecule is C[C@]12CC[C@@H]3c4ccc(O)cc4CC[C@@H]3CCC[C@@H]1CC[C@@H]2O. The summed E-state index contributed by atoms with van der Waals surface area (Å²) in [4.78, 5) is 0. The van der Waals surface area contributed by atoms with E-state index >= 15 is 0 Å². The van der Waals surface area contributed by atoms with Crippen LogP contribution in [0.2, 0.25) is 0 Å². The highest BCUT2D eigenvalue weighted by Gasteiger charge is 2.46. The molecule has 0 unspecified atom stereocenters. The zero-order valence-corrected chi connectivity index (χ0v) is 14.3. The Labute approximate surface area is 139 Å². The Morgan fingerprint density at radius 3 is 2.78 bits per heavy atom. The molecule has 0 saturated heterocycles. The minimum atomic E-state index is -0.105. The van der Waals surface area contributed by atoms with Gasteiger partial charge in [-0.1, -0.05) is 19.4 Å². The van der Waals surface area contributed by atoms with Crippen molar-refractivity contribution >= 4 is 0 Å². The van der Waals surface area contributed by atoms with Crippen LogP contribution in [0.1, 0.15) is 75.3 Å². The first-order valence-electron chi connectivity index (χ1n) is 9.58. The van der Waals surface area contributed by atoms with E-state index in [2.05, 4.69) is 13.0 Å². The third-order valence-corrected chi connectivity index (χ3v) is 7.48. The van der Waals surface area contributed by atoms with Gasteiger partial charge < -0.3 is 10.2 Å². The van der Waals surface area contributed by atoms with Gasteiger partial charge in [0.15, 0.2) is 0 Å². The number of hydrogen-bond donors (Lipinski definition) is 2. The van der Waals surface area contributed by atoms with Gasteiger partial charge in [-0.05, 0) is 97.8 Å². The molecule has 2 fully saturated rings. The predicted molar refractivity (Wildman–Crippen MR) is 92.6 cm³/mol. The molecule has 0 spiro atoms. The summed E-state index contributed by atoms with van der Waals surface area (Å²) in [6.45, 7) is 2.34.